The molecule has 0 saturated heterocycles. The predicted octanol–water partition coefficient (Wildman–Crippen LogP) is 2.29. The summed E-state index contributed by atoms with van der Waals surface area (Å²) in [5, 5.41) is 8.67. The highest BCUT2D eigenvalue weighted by atomic mass is 16.2. The first-order valence-electron chi connectivity index (χ1n) is 6.64. The zero-order valence-electron chi connectivity index (χ0n) is 11.6. The zero-order chi connectivity index (χ0) is 14.1. The fourth-order valence-electron chi connectivity index (χ4n) is 1.79. The molecule has 19 heavy (non-hydrogen) atoms. The van der Waals surface area contributed by atoms with Crippen molar-refractivity contribution >= 4 is 5.91 Å². The molecule has 3 nitrogen and oxygen atoms in total. The van der Waals surface area contributed by atoms with Crippen LogP contribution in [0.25, 0.3) is 0 Å². The van der Waals surface area contributed by atoms with E-state index < -0.39 is 0 Å². The molecule has 3 heteroatoms. The van der Waals surface area contributed by atoms with Gasteiger partial charge in [-0.15, -0.1) is 0 Å². The zero-order valence-corrected chi connectivity index (χ0v) is 11.6. The van der Waals surface area contributed by atoms with Gasteiger partial charge < -0.3 is 10.0 Å². The first-order valence-corrected chi connectivity index (χ1v) is 6.64. The SMILES string of the molecule is CCCCCN(C)C(=O)c1cccc(C#CCO)c1. The summed E-state index contributed by atoms with van der Waals surface area (Å²) < 4.78 is 0. The van der Waals surface area contributed by atoms with Gasteiger partial charge in [0.2, 0.25) is 0 Å². The van der Waals surface area contributed by atoms with E-state index in [1.165, 1.54) is 0 Å². The number of hydrogen-bond acceptors (Lipinski definition) is 2. The van der Waals surface area contributed by atoms with Gasteiger partial charge >= 0.3 is 0 Å². The average molecular weight is 259 g/mol. The van der Waals surface area contributed by atoms with Crippen LogP contribution in [0, 0.1) is 11.8 Å². The second kappa shape index (κ2) is 8.34. The van der Waals surface area contributed by atoms with Crippen LogP contribution in [-0.2, 0) is 0 Å². The summed E-state index contributed by atoms with van der Waals surface area (Å²) in [6.07, 6.45) is 3.32. The van der Waals surface area contributed by atoms with Gasteiger partial charge in [0, 0.05) is 24.7 Å². The third kappa shape index (κ3) is 5.15. The molecular formula is C16H21NO2. The van der Waals surface area contributed by atoms with E-state index in [-0.39, 0.29) is 12.5 Å². The Kier molecular flexibility index (Phi) is 6.70. The maximum absolute atomic E-state index is 12.2. The Balaban J connectivity index is 2.70. The summed E-state index contributed by atoms with van der Waals surface area (Å²) in [5.41, 5.74) is 1.39. The van der Waals surface area contributed by atoms with Crippen molar-refractivity contribution in [3.8, 4) is 11.8 Å². The lowest BCUT2D eigenvalue weighted by Crippen LogP contribution is -2.27. The van der Waals surface area contributed by atoms with Crippen molar-refractivity contribution in [2.24, 2.45) is 0 Å². The molecule has 0 heterocycles. The van der Waals surface area contributed by atoms with E-state index in [4.69, 9.17) is 5.11 Å². The lowest BCUT2D eigenvalue weighted by molar-refractivity contribution is 0.0792. The van der Waals surface area contributed by atoms with Crippen LogP contribution in [0.5, 0.6) is 0 Å². The molecule has 1 aromatic rings. The van der Waals surface area contributed by atoms with E-state index >= 15 is 0 Å². The molecular weight excluding hydrogens is 238 g/mol. The number of aliphatic hydroxyl groups is 1. The first-order chi connectivity index (χ1) is 9.19. The maximum atomic E-state index is 12.2. The van der Waals surface area contributed by atoms with Crippen LogP contribution in [0.2, 0.25) is 0 Å². The summed E-state index contributed by atoms with van der Waals surface area (Å²) in [5.74, 6) is 5.41. The van der Waals surface area contributed by atoms with Crippen LogP contribution in [0.15, 0.2) is 24.3 Å². The van der Waals surface area contributed by atoms with Gasteiger partial charge in [-0.3, -0.25) is 4.79 Å². The molecule has 102 valence electrons. The molecule has 0 bridgehead atoms. The van der Waals surface area contributed by atoms with Gasteiger partial charge in [-0.25, -0.2) is 0 Å². The number of carbonyl (C=O) groups excluding carboxylic acids is 1. The minimum absolute atomic E-state index is 0.0174. The van der Waals surface area contributed by atoms with Crippen LogP contribution in [0.3, 0.4) is 0 Å². The second-order valence-corrected chi connectivity index (χ2v) is 4.47. The third-order valence-corrected chi connectivity index (χ3v) is 2.87. The Morgan fingerprint density at radius 3 is 2.84 bits per heavy atom. The molecule has 0 atom stereocenters. The van der Waals surface area contributed by atoms with Crippen molar-refractivity contribution in [3.05, 3.63) is 35.4 Å². The highest BCUT2D eigenvalue weighted by molar-refractivity contribution is 5.94. The van der Waals surface area contributed by atoms with E-state index in [1.54, 1.807) is 17.0 Å². The van der Waals surface area contributed by atoms with Crippen molar-refractivity contribution in [1.29, 1.82) is 0 Å². The van der Waals surface area contributed by atoms with Gasteiger partial charge in [0.15, 0.2) is 0 Å². The molecule has 0 spiro atoms. The van der Waals surface area contributed by atoms with Gasteiger partial charge in [0.25, 0.3) is 5.91 Å². The number of unbranched alkanes of at least 4 members (excludes halogenated alkanes) is 2. The van der Waals surface area contributed by atoms with Gasteiger partial charge in [-0.2, -0.15) is 0 Å². The lowest BCUT2D eigenvalue weighted by atomic mass is 10.1. The largest absolute Gasteiger partial charge is 0.384 e. The molecule has 0 saturated carbocycles. The van der Waals surface area contributed by atoms with E-state index in [0.717, 1.165) is 31.4 Å². The van der Waals surface area contributed by atoms with E-state index in [9.17, 15) is 4.79 Å². The van der Waals surface area contributed by atoms with E-state index in [1.807, 2.05) is 19.2 Å². The molecule has 0 radical (unpaired) electrons. The number of carbonyl (C=O) groups is 1. The number of rotatable bonds is 5. The lowest BCUT2D eigenvalue weighted by Gasteiger charge is -2.17. The van der Waals surface area contributed by atoms with Crippen molar-refractivity contribution in [3.63, 3.8) is 0 Å². The van der Waals surface area contributed by atoms with Crippen LogP contribution in [0.4, 0.5) is 0 Å². The molecule has 1 aromatic carbocycles. The van der Waals surface area contributed by atoms with Crippen LogP contribution < -0.4 is 0 Å². The molecule has 1 rings (SSSR count). The standard InChI is InChI=1S/C16H21NO2/c1-3-4-5-11-17(2)16(19)15-10-6-8-14(13-15)9-7-12-18/h6,8,10,13,18H,3-5,11-12H2,1-2H3. The minimum Gasteiger partial charge on any atom is -0.384 e. The Morgan fingerprint density at radius 1 is 1.37 bits per heavy atom. The predicted molar refractivity (Wildman–Crippen MR) is 76.9 cm³/mol. The Morgan fingerprint density at radius 2 is 2.16 bits per heavy atom. The van der Waals surface area contributed by atoms with Gasteiger partial charge in [0.1, 0.15) is 6.61 Å². The number of benzene rings is 1. The van der Waals surface area contributed by atoms with Crippen molar-refractivity contribution in [2.75, 3.05) is 20.2 Å². The van der Waals surface area contributed by atoms with E-state index in [0.29, 0.717) is 5.56 Å². The third-order valence-electron chi connectivity index (χ3n) is 2.87. The number of aliphatic hydroxyl groups excluding tert-OH is 1. The number of amides is 1. The fraction of sp³-hybridized carbons (Fsp3) is 0.438. The fourth-order valence-corrected chi connectivity index (χ4v) is 1.79. The first kappa shape index (κ1) is 15.3. The summed E-state index contributed by atoms with van der Waals surface area (Å²) >= 11 is 0. The van der Waals surface area contributed by atoms with Gasteiger partial charge in [-0.05, 0) is 24.6 Å². The normalized spacial score (nSPS) is 9.63. The number of hydrogen-bond donors (Lipinski definition) is 1. The average Bonchev–Trinajstić information content (AvgIpc) is 2.44. The van der Waals surface area contributed by atoms with Gasteiger partial charge in [0.05, 0.1) is 0 Å². The summed E-state index contributed by atoms with van der Waals surface area (Å²) in [4.78, 5) is 13.9. The Hall–Kier alpha value is -1.79. The molecule has 0 aliphatic rings. The van der Waals surface area contributed by atoms with Gasteiger partial charge in [-0.1, -0.05) is 37.7 Å². The molecule has 0 aromatic heterocycles. The summed E-state index contributed by atoms with van der Waals surface area (Å²) in [6, 6.07) is 7.20. The van der Waals surface area contributed by atoms with Crippen molar-refractivity contribution < 1.29 is 9.90 Å². The molecule has 0 aliphatic heterocycles. The molecule has 0 unspecified atom stereocenters. The quantitative estimate of drug-likeness (QED) is 0.651. The summed E-state index contributed by atoms with van der Waals surface area (Å²) in [7, 11) is 1.82. The van der Waals surface area contributed by atoms with Crippen LogP contribution in [-0.4, -0.2) is 36.1 Å². The highest BCUT2D eigenvalue weighted by Gasteiger charge is 2.10. The molecule has 0 fully saturated rings. The summed E-state index contributed by atoms with van der Waals surface area (Å²) in [6.45, 7) is 2.75. The van der Waals surface area contributed by atoms with E-state index in [2.05, 4.69) is 18.8 Å². The maximum Gasteiger partial charge on any atom is 0.253 e. The van der Waals surface area contributed by atoms with Crippen molar-refractivity contribution in [1.82, 2.24) is 4.90 Å². The Bertz CT molecular complexity index is 471. The highest BCUT2D eigenvalue weighted by Crippen LogP contribution is 2.08. The molecule has 1 amide bonds. The van der Waals surface area contributed by atoms with Crippen LogP contribution >= 0.6 is 0 Å². The molecule has 0 aliphatic carbocycles. The van der Waals surface area contributed by atoms with Crippen molar-refractivity contribution in [2.45, 2.75) is 26.2 Å². The second-order valence-electron chi connectivity index (χ2n) is 4.47. The van der Waals surface area contributed by atoms with Crippen LogP contribution in [0.1, 0.15) is 42.1 Å². The smallest absolute Gasteiger partial charge is 0.253 e. The molecule has 1 N–H and O–H groups in total. The number of nitrogens with zero attached hydrogens (tertiary/aromatic N) is 1. The Labute approximate surface area is 115 Å². The minimum atomic E-state index is -0.172. The topological polar surface area (TPSA) is 40.5 Å². The monoisotopic (exact) mass is 259 g/mol.